The van der Waals surface area contributed by atoms with Crippen molar-refractivity contribution in [3.8, 4) is 0 Å². The fraction of sp³-hybridized carbons (Fsp3) is 0.556. The molecule has 0 spiro atoms. The highest BCUT2D eigenvalue weighted by molar-refractivity contribution is 5.94. The van der Waals surface area contributed by atoms with Crippen molar-refractivity contribution >= 4 is 11.8 Å². The maximum atomic E-state index is 13.6. The highest BCUT2D eigenvalue weighted by Gasteiger charge is 2.26. The van der Waals surface area contributed by atoms with Gasteiger partial charge in [0.2, 0.25) is 5.91 Å². The minimum atomic E-state index is -0.646. The van der Waals surface area contributed by atoms with Crippen molar-refractivity contribution in [2.45, 2.75) is 33.3 Å². The Morgan fingerprint density at radius 3 is 2.29 bits per heavy atom. The highest BCUT2D eigenvalue weighted by Crippen LogP contribution is 2.14. The summed E-state index contributed by atoms with van der Waals surface area (Å²) >= 11 is 0. The maximum Gasteiger partial charge on any atom is 0.254 e. The summed E-state index contributed by atoms with van der Waals surface area (Å²) in [6, 6.07) is 4.47. The van der Waals surface area contributed by atoms with E-state index in [1.807, 2.05) is 13.8 Å². The van der Waals surface area contributed by atoms with Crippen LogP contribution in [0.3, 0.4) is 0 Å². The Balaban J connectivity index is 1.91. The molecule has 2 rings (SSSR count). The molecule has 0 radical (unpaired) electrons. The van der Waals surface area contributed by atoms with Gasteiger partial charge >= 0.3 is 0 Å². The standard InChI is InChI=1S/C18H25FN2O3/c1-12(2)16(22)11-17(23)20-6-8-21(9-7-20)18(24)14-5-4-13(3)15(19)10-14/h4-5,10,12,16,22H,6-9,11H2,1-3H3. The molecule has 0 aromatic heterocycles. The van der Waals surface area contributed by atoms with Gasteiger partial charge in [0.1, 0.15) is 5.82 Å². The number of aliphatic hydroxyl groups excluding tert-OH is 1. The molecule has 1 heterocycles. The van der Waals surface area contributed by atoms with Gasteiger partial charge in [-0.2, -0.15) is 0 Å². The fourth-order valence-corrected chi connectivity index (χ4v) is 2.61. The van der Waals surface area contributed by atoms with E-state index in [9.17, 15) is 19.1 Å². The third-order valence-corrected chi connectivity index (χ3v) is 4.49. The van der Waals surface area contributed by atoms with E-state index in [2.05, 4.69) is 0 Å². The van der Waals surface area contributed by atoms with E-state index in [0.717, 1.165) is 0 Å². The third-order valence-electron chi connectivity index (χ3n) is 4.49. The van der Waals surface area contributed by atoms with Gasteiger partial charge < -0.3 is 14.9 Å². The second kappa shape index (κ2) is 7.75. The molecule has 1 saturated heterocycles. The Hall–Kier alpha value is -1.95. The second-order valence-electron chi connectivity index (χ2n) is 6.65. The summed E-state index contributed by atoms with van der Waals surface area (Å²) < 4.78 is 13.6. The van der Waals surface area contributed by atoms with Gasteiger partial charge in [0.05, 0.1) is 12.5 Å². The molecule has 1 aromatic carbocycles. The van der Waals surface area contributed by atoms with E-state index in [-0.39, 0.29) is 24.2 Å². The molecule has 2 amide bonds. The normalized spacial score (nSPS) is 16.4. The number of carbonyl (C=O) groups excluding carboxylic acids is 2. The summed E-state index contributed by atoms with van der Waals surface area (Å²) in [6.45, 7) is 7.09. The molecule has 24 heavy (non-hydrogen) atoms. The lowest BCUT2D eigenvalue weighted by Crippen LogP contribution is -2.51. The zero-order chi connectivity index (χ0) is 17.9. The van der Waals surface area contributed by atoms with Crippen LogP contribution in [0.1, 0.15) is 36.2 Å². The van der Waals surface area contributed by atoms with Gasteiger partial charge in [-0.25, -0.2) is 4.39 Å². The lowest BCUT2D eigenvalue weighted by Gasteiger charge is -2.35. The number of benzene rings is 1. The summed E-state index contributed by atoms with van der Waals surface area (Å²) in [5, 5.41) is 9.82. The second-order valence-corrected chi connectivity index (χ2v) is 6.65. The molecular weight excluding hydrogens is 311 g/mol. The van der Waals surface area contributed by atoms with E-state index in [1.54, 1.807) is 28.9 Å². The number of amides is 2. The minimum absolute atomic E-state index is 0.0354. The Bertz CT molecular complexity index is 610. The lowest BCUT2D eigenvalue weighted by molar-refractivity contribution is -0.135. The van der Waals surface area contributed by atoms with Gasteiger partial charge in [0, 0.05) is 31.7 Å². The molecule has 6 heteroatoms. The first kappa shape index (κ1) is 18.4. The fourth-order valence-electron chi connectivity index (χ4n) is 2.61. The number of piperazine rings is 1. The number of rotatable bonds is 4. The van der Waals surface area contributed by atoms with Crippen molar-refractivity contribution < 1.29 is 19.1 Å². The zero-order valence-corrected chi connectivity index (χ0v) is 14.5. The van der Waals surface area contributed by atoms with Crippen LogP contribution in [0.4, 0.5) is 4.39 Å². The van der Waals surface area contributed by atoms with Gasteiger partial charge in [-0.3, -0.25) is 9.59 Å². The van der Waals surface area contributed by atoms with Gasteiger partial charge in [0.15, 0.2) is 0 Å². The summed E-state index contributed by atoms with van der Waals surface area (Å²) in [4.78, 5) is 27.9. The topological polar surface area (TPSA) is 60.9 Å². The predicted octanol–water partition coefficient (Wildman–Crippen LogP) is 1.83. The first-order valence-corrected chi connectivity index (χ1v) is 8.31. The van der Waals surface area contributed by atoms with Crippen molar-refractivity contribution in [3.63, 3.8) is 0 Å². The van der Waals surface area contributed by atoms with Crippen LogP contribution >= 0.6 is 0 Å². The maximum absolute atomic E-state index is 13.6. The number of halogens is 1. The van der Waals surface area contributed by atoms with Crippen LogP contribution in [0.15, 0.2) is 18.2 Å². The van der Waals surface area contributed by atoms with Crippen molar-refractivity contribution in [1.82, 2.24) is 9.80 Å². The lowest BCUT2D eigenvalue weighted by atomic mass is 10.0. The molecule has 0 aliphatic carbocycles. The van der Waals surface area contributed by atoms with Crippen molar-refractivity contribution in [2.24, 2.45) is 5.92 Å². The largest absolute Gasteiger partial charge is 0.392 e. The summed E-state index contributed by atoms with van der Waals surface area (Å²) in [7, 11) is 0. The molecule has 1 atom stereocenters. The van der Waals surface area contributed by atoms with E-state index < -0.39 is 11.9 Å². The first-order chi connectivity index (χ1) is 11.3. The van der Waals surface area contributed by atoms with Gasteiger partial charge in [-0.1, -0.05) is 19.9 Å². The van der Waals surface area contributed by atoms with Crippen LogP contribution in [0.2, 0.25) is 0 Å². The van der Waals surface area contributed by atoms with Crippen LogP contribution in [0.5, 0.6) is 0 Å². The number of aryl methyl sites for hydroxylation is 1. The first-order valence-electron chi connectivity index (χ1n) is 8.31. The summed E-state index contributed by atoms with van der Waals surface area (Å²) in [5.41, 5.74) is 0.832. The minimum Gasteiger partial charge on any atom is -0.392 e. The van der Waals surface area contributed by atoms with Crippen LogP contribution in [0, 0.1) is 18.7 Å². The Morgan fingerprint density at radius 2 is 1.75 bits per heavy atom. The molecule has 1 fully saturated rings. The molecule has 1 unspecified atom stereocenters. The molecule has 1 aliphatic heterocycles. The molecule has 132 valence electrons. The monoisotopic (exact) mass is 336 g/mol. The van der Waals surface area contributed by atoms with E-state index in [4.69, 9.17) is 0 Å². The smallest absolute Gasteiger partial charge is 0.254 e. The van der Waals surface area contributed by atoms with Crippen LogP contribution in [0.25, 0.3) is 0 Å². The predicted molar refractivity (Wildman–Crippen MR) is 89.1 cm³/mol. The summed E-state index contributed by atoms with van der Waals surface area (Å²) in [5.74, 6) is -0.668. The third kappa shape index (κ3) is 4.32. The number of nitrogens with zero attached hydrogens (tertiary/aromatic N) is 2. The van der Waals surface area contributed by atoms with Gasteiger partial charge in [0.25, 0.3) is 5.91 Å². The quantitative estimate of drug-likeness (QED) is 0.912. The molecule has 1 N–H and O–H groups in total. The van der Waals surface area contributed by atoms with Crippen molar-refractivity contribution in [1.29, 1.82) is 0 Å². The van der Waals surface area contributed by atoms with Crippen LogP contribution in [-0.2, 0) is 4.79 Å². The molecular formula is C18H25FN2O3. The Morgan fingerprint density at radius 1 is 1.17 bits per heavy atom. The molecule has 1 aromatic rings. The number of carbonyl (C=O) groups is 2. The Labute approximate surface area is 142 Å². The van der Waals surface area contributed by atoms with E-state index in [0.29, 0.717) is 37.3 Å². The molecule has 0 bridgehead atoms. The van der Waals surface area contributed by atoms with Gasteiger partial charge in [-0.05, 0) is 30.5 Å². The SMILES string of the molecule is Cc1ccc(C(=O)N2CCN(C(=O)CC(O)C(C)C)CC2)cc1F. The van der Waals surface area contributed by atoms with E-state index in [1.165, 1.54) is 6.07 Å². The van der Waals surface area contributed by atoms with Crippen molar-refractivity contribution in [2.75, 3.05) is 26.2 Å². The Kier molecular flexibility index (Phi) is 5.94. The number of hydrogen-bond acceptors (Lipinski definition) is 3. The summed E-state index contributed by atoms with van der Waals surface area (Å²) in [6.07, 6.45) is -0.540. The molecule has 5 nitrogen and oxygen atoms in total. The molecule has 0 saturated carbocycles. The average Bonchev–Trinajstić information content (AvgIpc) is 2.56. The number of hydrogen-bond donors (Lipinski definition) is 1. The molecule has 1 aliphatic rings. The average molecular weight is 336 g/mol. The highest BCUT2D eigenvalue weighted by atomic mass is 19.1. The van der Waals surface area contributed by atoms with Crippen molar-refractivity contribution in [3.05, 3.63) is 35.1 Å². The number of aliphatic hydroxyl groups is 1. The van der Waals surface area contributed by atoms with E-state index >= 15 is 0 Å². The zero-order valence-electron chi connectivity index (χ0n) is 14.5. The van der Waals surface area contributed by atoms with Crippen LogP contribution < -0.4 is 0 Å². The van der Waals surface area contributed by atoms with Crippen LogP contribution in [-0.4, -0.2) is 59.0 Å². The van der Waals surface area contributed by atoms with Gasteiger partial charge in [-0.15, -0.1) is 0 Å².